The molecule has 0 radical (unpaired) electrons. The van der Waals surface area contributed by atoms with Crippen molar-refractivity contribution in [2.45, 2.75) is 18.8 Å². The molecule has 1 aromatic heterocycles. The van der Waals surface area contributed by atoms with Crippen molar-refractivity contribution < 1.29 is 9.53 Å². The van der Waals surface area contributed by atoms with Crippen LogP contribution < -0.4 is 4.74 Å². The van der Waals surface area contributed by atoms with Crippen LogP contribution >= 0.6 is 0 Å². The van der Waals surface area contributed by atoms with E-state index in [1.807, 2.05) is 6.07 Å². The topological polar surface area (TPSA) is 39.2 Å². The molecule has 0 unspecified atom stereocenters. The number of pyridine rings is 1. The average Bonchev–Trinajstić information content (AvgIpc) is 3.00. The molecule has 2 rings (SSSR count). The number of aromatic nitrogens is 1. The van der Waals surface area contributed by atoms with E-state index in [1.165, 1.54) is 20.0 Å². The lowest BCUT2D eigenvalue weighted by Gasteiger charge is -2.03. The predicted octanol–water partition coefficient (Wildman–Crippen LogP) is 1.78. The number of carbonyl (C=O) groups is 1. The molecule has 0 N–H and O–H groups in total. The van der Waals surface area contributed by atoms with Gasteiger partial charge in [0.15, 0.2) is 6.29 Å². The molecule has 1 heterocycles. The molecule has 0 aromatic carbocycles. The lowest BCUT2D eigenvalue weighted by Crippen LogP contribution is -1.95. The van der Waals surface area contributed by atoms with E-state index >= 15 is 0 Å². The van der Waals surface area contributed by atoms with Gasteiger partial charge in [0, 0.05) is 6.20 Å². The summed E-state index contributed by atoms with van der Waals surface area (Å²) < 4.78 is 4.95. The summed E-state index contributed by atoms with van der Waals surface area (Å²) in [5.74, 6) is 1.04. The lowest BCUT2D eigenvalue weighted by atomic mass is 10.1. The van der Waals surface area contributed by atoms with Crippen molar-refractivity contribution in [3.63, 3.8) is 0 Å². The number of hydrogen-bond acceptors (Lipinski definition) is 3. The van der Waals surface area contributed by atoms with Crippen LogP contribution in [0.15, 0.2) is 12.3 Å². The Kier molecular flexibility index (Phi) is 2.00. The molecular formula is C10H11NO2. The molecule has 0 bridgehead atoms. The maximum Gasteiger partial charge on any atom is 0.223 e. The van der Waals surface area contributed by atoms with Gasteiger partial charge < -0.3 is 4.74 Å². The number of hydrogen-bond donors (Lipinski definition) is 0. The van der Waals surface area contributed by atoms with Gasteiger partial charge in [-0.15, -0.1) is 0 Å². The van der Waals surface area contributed by atoms with Gasteiger partial charge in [-0.05, 0) is 30.4 Å². The second-order valence-corrected chi connectivity index (χ2v) is 3.26. The number of ether oxygens (including phenoxy) is 1. The van der Waals surface area contributed by atoms with Crippen molar-refractivity contribution in [1.82, 2.24) is 4.98 Å². The first kappa shape index (κ1) is 8.23. The van der Waals surface area contributed by atoms with Crippen LogP contribution in [0.1, 0.15) is 34.7 Å². The van der Waals surface area contributed by atoms with Gasteiger partial charge in [-0.25, -0.2) is 4.98 Å². The Hall–Kier alpha value is -1.38. The SMILES string of the molecule is COc1ncc(C2CC2)cc1C=O. The maximum atomic E-state index is 10.7. The smallest absolute Gasteiger partial charge is 0.223 e. The number of methoxy groups -OCH3 is 1. The van der Waals surface area contributed by atoms with Crippen LogP contribution in [0.2, 0.25) is 0 Å². The summed E-state index contributed by atoms with van der Waals surface area (Å²) in [6.07, 6.45) is 5.01. The molecule has 1 aliphatic rings. The van der Waals surface area contributed by atoms with Crippen LogP contribution in [0.25, 0.3) is 0 Å². The van der Waals surface area contributed by atoms with E-state index in [-0.39, 0.29) is 0 Å². The minimum atomic E-state index is 0.416. The van der Waals surface area contributed by atoms with Crippen LogP contribution in [0.3, 0.4) is 0 Å². The Labute approximate surface area is 76.7 Å². The van der Waals surface area contributed by atoms with E-state index in [0.717, 1.165) is 11.8 Å². The molecule has 1 aromatic rings. The zero-order valence-electron chi connectivity index (χ0n) is 7.49. The molecule has 3 nitrogen and oxygen atoms in total. The minimum Gasteiger partial charge on any atom is -0.480 e. The third-order valence-electron chi connectivity index (χ3n) is 2.27. The van der Waals surface area contributed by atoms with E-state index in [1.54, 1.807) is 6.20 Å². The van der Waals surface area contributed by atoms with Gasteiger partial charge in [0.25, 0.3) is 0 Å². The van der Waals surface area contributed by atoms with Crippen molar-refractivity contribution in [3.05, 3.63) is 23.4 Å². The van der Waals surface area contributed by atoms with E-state index in [0.29, 0.717) is 17.4 Å². The fraction of sp³-hybridized carbons (Fsp3) is 0.400. The summed E-state index contributed by atoms with van der Waals surface area (Å²) in [5, 5.41) is 0. The molecular weight excluding hydrogens is 166 g/mol. The highest BCUT2D eigenvalue weighted by Gasteiger charge is 2.24. The first-order chi connectivity index (χ1) is 6.35. The lowest BCUT2D eigenvalue weighted by molar-refractivity contribution is 0.112. The molecule has 1 saturated carbocycles. The second-order valence-electron chi connectivity index (χ2n) is 3.26. The monoisotopic (exact) mass is 177 g/mol. The van der Waals surface area contributed by atoms with Crippen molar-refractivity contribution >= 4 is 6.29 Å². The molecule has 1 fully saturated rings. The number of aldehydes is 1. The Morgan fingerprint density at radius 2 is 2.38 bits per heavy atom. The third-order valence-corrected chi connectivity index (χ3v) is 2.27. The zero-order chi connectivity index (χ0) is 9.26. The highest BCUT2D eigenvalue weighted by Crippen LogP contribution is 2.40. The van der Waals surface area contributed by atoms with E-state index in [2.05, 4.69) is 4.98 Å². The number of rotatable bonds is 3. The maximum absolute atomic E-state index is 10.7. The van der Waals surface area contributed by atoms with Crippen LogP contribution in [-0.4, -0.2) is 18.4 Å². The van der Waals surface area contributed by atoms with Crippen LogP contribution in [0, 0.1) is 0 Å². The van der Waals surface area contributed by atoms with Crippen LogP contribution in [-0.2, 0) is 0 Å². The van der Waals surface area contributed by atoms with Crippen LogP contribution in [0.4, 0.5) is 0 Å². The number of carbonyl (C=O) groups excluding carboxylic acids is 1. The molecule has 0 aliphatic heterocycles. The summed E-state index contributed by atoms with van der Waals surface area (Å²) in [4.78, 5) is 14.7. The Morgan fingerprint density at radius 1 is 1.62 bits per heavy atom. The zero-order valence-corrected chi connectivity index (χ0v) is 7.49. The molecule has 0 atom stereocenters. The van der Waals surface area contributed by atoms with Gasteiger partial charge in [0.05, 0.1) is 12.7 Å². The quantitative estimate of drug-likeness (QED) is 0.660. The Balaban J connectivity index is 2.36. The first-order valence-corrected chi connectivity index (χ1v) is 4.34. The number of nitrogens with zero attached hydrogens (tertiary/aromatic N) is 1. The van der Waals surface area contributed by atoms with E-state index in [9.17, 15) is 4.79 Å². The fourth-order valence-electron chi connectivity index (χ4n) is 1.38. The molecule has 3 heteroatoms. The Bertz CT molecular complexity index is 332. The van der Waals surface area contributed by atoms with Crippen LogP contribution in [0.5, 0.6) is 5.88 Å². The molecule has 0 spiro atoms. The molecule has 68 valence electrons. The fourth-order valence-corrected chi connectivity index (χ4v) is 1.38. The van der Waals surface area contributed by atoms with Gasteiger partial charge in [-0.3, -0.25) is 4.79 Å². The standard InChI is InChI=1S/C10H11NO2/c1-13-10-9(6-12)4-8(5-11-10)7-2-3-7/h4-7H,2-3H2,1H3. The molecule has 0 amide bonds. The molecule has 0 saturated heterocycles. The average molecular weight is 177 g/mol. The largest absolute Gasteiger partial charge is 0.480 e. The van der Waals surface area contributed by atoms with Crippen molar-refractivity contribution in [1.29, 1.82) is 0 Å². The van der Waals surface area contributed by atoms with Crippen molar-refractivity contribution in [2.24, 2.45) is 0 Å². The normalized spacial score (nSPS) is 15.5. The predicted molar refractivity (Wildman–Crippen MR) is 48.2 cm³/mol. The summed E-state index contributed by atoms with van der Waals surface area (Å²) in [6, 6.07) is 1.87. The van der Waals surface area contributed by atoms with E-state index < -0.39 is 0 Å². The summed E-state index contributed by atoms with van der Waals surface area (Å²) >= 11 is 0. The molecule has 1 aliphatic carbocycles. The molecule has 13 heavy (non-hydrogen) atoms. The first-order valence-electron chi connectivity index (χ1n) is 4.34. The highest BCUT2D eigenvalue weighted by molar-refractivity contribution is 5.78. The van der Waals surface area contributed by atoms with Gasteiger partial charge in [0.1, 0.15) is 0 Å². The second kappa shape index (κ2) is 3.17. The third kappa shape index (κ3) is 1.54. The van der Waals surface area contributed by atoms with Gasteiger partial charge in [-0.2, -0.15) is 0 Å². The summed E-state index contributed by atoms with van der Waals surface area (Å²) in [7, 11) is 1.52. The van der Waals surface area contributed by atoms with Crippen molar-refractivity contribution in [3.8, 4) is 5.88 Å². The summed E-state index contributed by atoms with van der Waals surface area (Å²) in [6.45, 7) is 0. The van der Waals surface area contributed by atoms with Crippen molar-refractivity contribution in [2.75, 3.05) is 7.11 Å². The van der Waals surface area contributed by atoms with Gasteiger partial charge in [-0.1, -0.05) is 0 Å². The summed E-state index contributed by atoms with van der Waals surface area (Å²) in [5.41, 5.74) is 1.70. The van der Waals surface area contributed by atoms with Gasteiger partial charge in [0.2, 0.25) is 5.88 Å². The highest BCUT2D eigenvalue weighted by atomic mass is 16.5. The van der Waals surface area contributed by atoms with Gasteiger partial charge >= 0.3 is 0 Å². The van der Waals surface area contributed by atoms with E-state index in [4.69, 9.17) is 4.74 Å². The minimum absolute atomic E-state index is 0.416. The Morgan fingerprint density at radius 3 is 2.92 bits per heavy atom.